The summed E-state index contributed by atoms with van der Waals surface area (Å²) < 4.78 is 0. The third kappa shape index (κ3) is 4.04. The molecule has 0 unspecified atom stereocenters. The quantitative estimate of drug-likeness (QED) is 0.728. The van der Waals surface area contributed by atoms with Crippen molar-refractivity contribution < 1.29 is 9.59 Å². The molecule has 0 radical (unpaired) electrons. The number of rotatable bonds is 4. The summed E-state index contributed by atoms with van der Waals surface area (Å²) in [6, 6.07) is 20.7. The first kappa shape index (κ1) is 16.7. The summed E-state index contributed by atoms with van der Waals surface area (Å²) in [5.41, 5.74) is 1.89. The molecule has 0 spiro atoms. The van der Waals surface area contributed by atoms with Gasteiger partial charge in [-0.1, -0.05) is 50.2 Å². The van der Waals surface area contributed by atoms with Crippen molar-refractivity contribution in [3.8, 4) is 0 Å². The van der Waals surface area contributed by atoms with Crippen molar-refractivity contribution in [2.75, 3.05) is 10.6 Å². The van der Waals surface area contributed by atoms with Crippen molar-refractivity contribution in [3.05, 3.63) is 72.3 Å². The van der Waals surface area contributed by atoms with E-state index in [-0.39, 0.29) is 17.7 Å². The smallest absolute Gasteiger partial charge is 0.255 e. The molecule has 2 N–H and O–H groups in total. The molecule has 0 fully saturated rings. The van der Waals surface area contributed by atoms with Crippen molar-refractivity contribution in [3.63, 3.8) is 0 Å². The number of carbonyl (C=O) groups is 2. The zero-order chi connectivity index (χ0) is 17.8. The summed E-state index contributed by atoms with van der Waals surface area (Å²) in [6.45, 7) is 3.67. The van der Waals surface area contributed by atoms with E-state index in [0.29, 0.717) is 16.9 Å². The highest BCUT2D eigenvalue weighted by Gasteiger charge is 2.09. The van der Waals surface area contributed by atoms with Crippen LogP contribution in [0.5, 0.6) is 0 Å². The molecule has 3 rings (SSSR count). The van der Waals surface area contributed by atoms with E-state index < -0.39 is 0 Å². The number of hydrogen-bond acceptors (Lipinski definition) is 2. The molecule has 0 heterocycles. The first-order valence-corrected chi connectivity index (χ1v) is 8.24. The Kier molecular flexibility index (Phi) is 4.80. The van der Waals surface area contributed by atoms with Gasteiger partial charge in [-0.3, -0.25) is 9.59 Å². The van der Waals surface area contributed by atoms with Gasteiger partial charge in [-0.05, 0) is 41.1 Å². The van der Waals surface area contributed by atoms with Gasteiger partial charge in [-0.15, -0.1) is 0 Å². The van der Waals surface area contributed by atoms with Gasteiger partial charge >= 0.3 is 0 Å². The maximum Gasteiger partial charge on any atom is 0.255 e. The van der Waals surface area contributed by atoms with Crippen LogP contribution in [0.4, 0.5) is 11.4 Å². The standard InChI is InChI=1S/C21H20N2O2/c1-14(2)20(24)22-18-8-5-9-19(13-18)23-21(25)17-11-10-15-6-3-4-7-16(15)12-17/h3-14H,1-2H3,(H,22,24)(H,23,25). The Morgan fingerprint density at radius 3 is 2.16 bits per heavy atom. The molecule has 0 bridgehead atoms. The van der Waals surface area contributed by atoms with Crippen LogP contribution in [0.2, 0.25) is 0 Å². The second kappa shape index (κ2) is 7.18. The van der Waals surface area contributed by atoms with Crippen molar-refractivity contribution in [2.24, 2.45) is 5.92 Å². The van der Waals surface area contributed by atoms with Crippen LogP contribution in [0.15, 0.2) is 66.7 Å². The van der Waals surface area contributed by atoms with Crippen LogP contribution in [0.3, 0.4) is 0 Å². The minimum atomic E-state index is -0.182. The van der Waals surface area contributed by atoms with E-state index in [2.05, 4.69) is 10.6 Å². The number of carbonyl (C=O) groups excluding carboxylic acids is 2. The number of hydrogen-bond donors (Lipinski definition) is 2. The SMILES string of the molecule is CC(C)C(=O)Nc1cccc(NC(=O)c2ccc3ccccc3c2)c1. The fraction of sp³-hybridized carbons (Fsp3) is 0.143. The Morgan fingerprint density at radius 1 is 0.760 bits per heavy atom. The normalized spacial score (nSPS) is 10.7. The fourth-order valence-corrected chi connectivity index (χ4v) is 2.50. The van der Waals surface area contributed by atoms with Gasteiger partial charge in [-0.25, -0.2) is 0 Å². The highest BCUT2D eigenvalue weighted by molar-refractivity contribution is 6.06. The van der Waals surface area contributed by atoms with Gasteiger partial charge in [0.25, 0.3) is 5.91 Å². The van der Waals surface area contributed by atoms with Gasteiger partial charge in [0.2, 0.25) is 5.91 Å². The summed E-state index contributed by atoms with van der Waals surface area (Å²) in [5, 5.41) is 7.82. The van der Waals surface area contributed by atoms with Gasteiger partial charge < -0.3 is 10.6 Å². The molecular weight excluding hydrogens is 312 g/mol. The summed E-state index contributed by atoms with van der Waals surface area (Å²) in [7, 11) is 0. The molecule has 0 saturated heterocycles. The van der Waals surface area contributed by atoms with Gasteiger partial charge in [-0.2, -0.15) is 0 Å². The number of nitrogens with one attached hydrogen (secondary N) is 2. The lowest BCUT2D eigenvalue weighted by Gasteiger charge is -2.10. The topological polar surface area (TPSA) is 58.2 Å². The Labute approximate surface area is 146 Å². The molecule has 4 nitrogen and oxygen atoms in total. The number of anilines is 2. The fourth-order valence-electron chi connectivity index (χ4n) is 2.50. The maximum atomic E-state index is 12.5. The first-order valence-electron chi connectivity index (χ1n) is 8.24. The monoisotopic (exact) mass is 332 g/mol. The van der Waals surface area contributed by atoms with Crippen LogP contribution < -0.4 is 10.6 Å². The van der Waals surface area contributed by atoms with E-state index in [4.69, 9.17) is 0 Å². The van der Waals surface area contributed by atoms with Crippen molar-refractivity contribution in [1.29, 1.82) is 0 Å². The zero-order valence-corrected chi connectivity index (χ0v) is 14.2. The van der Waals surface area contributed by atoms with E-state index in [9.17, 15) is 9.59 Å². The molecular formula is C21H20N2O2. The lowest BCUT2D eigenvalue weighted by atomic mass is 10.1. The molecule has 0 aliphatic heterocycles. The molecule has 0 aliphatic carbocycles. The highest BCUT2D eigenvalue weighted by Crippen LogP contribution is 2.19. The molecule has 3 aromatic carbocycles. The summed E-state index contributed by atoms with van der Waals surface area (Å²) >= 11 is 0. The molecule has 126 valence electrons. The minimum Gasteiger partial charge on any atom is -0.326 e. The zero-order valence-electron chi connectivity index (χ0n) is 14.2. The van der Waals surface area contributed by atoms with Crippen molar-refractivity contribution in [1.82, 2.24) is 0 Å². The Bertz CT molecular complexity index is 932. The van der Waals surface area contributed by atoms with Gasteiger partial charge in [0.15, 0.2) is 0 Å². The minimum absolute atomic E-state index is 0.0574. The number of amides is 2. The van der Waals surface area contributed by atoms with Crippen LogP contribution in [-0.2, 0) is 4.79 Å². The van der Waals surface area contributed by atoms with Crippen molar-refractivity contribution >= 4 is 34.0 Å². The largest absolute Gasteiger partial charge is 0.326 e. The van der Waals surface area contributed by atoms with Crippen LogP contribution >= 0.6 is 0 Å². The second-order valence-electron chi connectivity index (χ2n) is 6.24. The lowest BCUT2D eigenvalue weighted by Crippen LogP contribution is -2.18. The van der Waals surface area contributed by atoms with E-state index in [0.717, 1.165) is 10.8 Å². The molecule has 25 heavy (non-hydrogen) atoms. The summed E-state index contributed by atoms with van der Waals surface area (Å²) in [6.07, 6.45) is 0. The van der Waals surface area contributed by atoms with E-state index >= 15 is 0 Å². The van der Waals surface area contributed by atoms with Crippen LogP contribution in [0.1, 0.15) is 24.2 Å². The van der Waals surface area contributed by atoms with E-state index in [1.165, 1.54) is 0 Å². The summed E-state index contributed by atoms with van der Waals surface area (Å²) in [5.74, 6) is -0.341. The average molecular weight is 332 g/mol. The van der Waals surface area contributed by atoms with Crippen molar-refractivity contribution in [2.45, 2.75) is 13.8 Å². The third-order valence-corrected chi connectivity index (χ3v) is 3.92. The van der Waals surface area contributed by atoms with Crippen LogP contribution in [0.25, 0.3) is 10.8 Å². The lowest BCUT2D eigenvalue weighted by molar-refractivity contribution is -0.118. The Hall–Kier alpha value is -3.14. The maximum absolute atomic E-state index is 12.5. The number of fused-ring (bicyclic) bond motifs is 1. The average Bonchev–Trinajstić information content (AvgIpc) is 2.61. The van der Waals surface area contributed by atoms with E-state index in [1.807, 2.05) is 56.3 Å². The Morgan fingerprint density at radius 2 is 1.44 bits per heavy atom. The first-order chi connectivity index (χ1) is 12.0. The summed E-state index contributed by atoms with van der Waals surface area (Å²) in [4.78, 5) is 24.3. The Balaban J connectivity index is 1.76. The third-order valence-electron chi connectivity index (χ3n) is 3.92. The van der Waals surface area contributed by atoms with Crippen LogP contribution in [-0.4, -0.2) is 11.8 Å². The molecule has 4 heteroatoms. The second-order valence-corrected chi connectivity index (χ2v) is 6.24. The van der Waals surface area contributed by atoms with Gasteiger partial charge in [0.1, 0.15) is 0 Å². The highest BCUT2D eigenvalue weighted by atomic mass is 16.2. The van der Waals surface area contributed by atoms with Crippen LogP contribution in [0, 0.1) is 5.92 Å². The van der Waals surface area contributed by atoms with Gasteiger partial charge in [0, 0.05) is 22.9 Å². The molecule has 0 saturated carbocycles. The predicted molar refractivity (Wildman–Crippen MR) is 102 cm³/mol. The van der Waals surface area contributed by atoms with Gasteiger partial charge in [0.05, 0.1) is 0 Å². The molecule has 0 aromatic heterocycles. The predicted octanol–water partition coefficient (Wildman–Crippen LogP) is 4.69. The molecule has 0 aliphatic rings. The number of benzene rings is 3. The van der Waals surface area contributed by atoms with E-state index in [1.54, 1.807) is 24.3 Å². The molecule has 2 amide bonds. The molecule has 3 aromatic rings. The molecule has 0 atom stereocenters.